The third-order valence-electron chi connectivity index (χ3n) is 1.73. The van der Waals surface area contributed by atoms with Gasteiger partial charge in [-0.2, -0.15) is 5.26 Å². The van der Waals surface area contributed by atoms with Gasteiger partial charge in [0, 0.05) is 0 Å². The van der Waals surface area contributed by atoms with Crippen molar-refractivity contribution in [2.24, 2.45) is 0 Å². The summed E-state index contributed by atoms with van der Waals surface area (Å²) in [5.74, 6) is 0.713. The molecule has 0 spiro atoms. The molecule has 1 rings (SSSR count). The number of allylic oxidation sites excluding steroid dienone is 1. The lowest BCUT2D eigenvalue weighted by Crippen LogP contribution is -1.86. The van der Waals surface area contributed by atoms with Gasteiger partial charge in [0.15, 0.2) is 0 Å². The third kappa shape index (κ3) is 2.09. The van der Waals surface area contributed by atoms with Crippen molar-refractivity contribution in [3.63, 3.8) is 0 Å². The van der Waals surface area contributed by atoms with Gasteiger partial charge >= 0.3 is 0 Å². The summed E-state index contributed by atoms with van der Waals surface area (Å²) < 4.78 is 5.01. The minimum atomic E-state index is 0.637. The fraction of sp³-hybridized carbons (Fsp3) is 0.182. The van der Waals surface area contributed by atoms with Gasteiger partial charge in [-0.1, -0.05) is 12.2 Å². The van der Waals surface area contributed by atoms with E-state index in [0.29, 0.717) is 11.3 Å². The number of ether oxygens (including phenoxy) is 1. The van der Waals surface area contributed by atoms with Crippen LogP contribution in [0.1, 0.15) is 18.1 Å². The molecule has 13 heavy (non-hydrogen) atoms. The van der Waals surface area contributed by atoms with Crippen molar-refractivity contribution in [3.05, 3.63) is 35.4 Å². The lowest BCUT2D eigenvalue weighted by Gasteiger charge is -2.01. The molecule has 2 nitrogen and oxygen atoms in total. The van der Waals surface area contributed by atoms with Crippen molar-refractivity contribution >= 4 is 6.08 Å². The average molecular weight is 173 g/mol. The first-order valence-electron chi connectivity index (χ1n) is 4.02. The highest BCUT2D eigenvalue weighted by molar-refractivity contribution is 5.59. The van der Waals surface area contributed by atoms with Gasteiger partial charge in [0.1, 0.15) is 5.75 Å². The number of nitriles is 1. The summed E-state index contributed by atoms with van der Waals surface area (Å²) in [7, 11) is 1.59. The van der Waals surface area contributed by atoms with Crippen LogP contribution in [-0.4, -0.2) is 7.11 Å². The molecule has 0 atom stereocenters. The van der Waals surface area contributed by atoms with Gasteiger partial charge in [-0.05, 0) is 30.7 Å². The Labute approximate surface area is 78.1 Å². The SMILES string of the molecule is C/C=C/c1ccc(OC)cc1C#N. The van der Waals surface area contributed by atoms with Crippen LogP contribution in [0.5, 0.6) is 5.75 Å². The van der Waals surface area contributed by atoms with E-state index in [2.05, 4.69) is 6.07 Å². The molecule has 0 aliphatic rings. The quantitative estimate of drug-likeness (QED) is 0.688. The lowest BCUT2D eigenvalue weighted by atomic mass is 10.1. The molecule has 0 heterocycles. The Balaban J connectivity index is 3.17. The minimum Gasteiger partial charge on any atom is -0.497 e. The Morgan fingerprint density at radius 3 is 2.77 bits per heavy atom. The maximum atomic E-state index is 8.83. The number of methoxy groups -OCH3 is 1. The van der Waals surface area contributed by atoms with Crippen molar-refractivity contribution in [1.82, 2.24) is 0 Å². The zero-order chi connectivity index (χ0) is 9.68. The van der Waals surface area contributed by atoms with E-state index in [4.69, 9.17) is 10.00 Å². The standard InChI is InChI=1S/C11H11NO/c1-3-4-9-5-6-11(13-2)7-10(9)8-12/h3-7H,1-2H3/b4-3+. The Kier molecular flexibility index (Phi) is 3.10. The van der Waals surface area contributed by atoms with E-state index in [9.17, 15) is 0 Å². The van der Waals surface area contributed by atoms with Gasteiger partial charge in [-0.3, -0.25) is 0 Å². The predicted molar refractivity (Wildman–Crippen MR) is 52.4 cm³/mol. The molecule has 0 unspecified atom stereocenters. The van der Waals surface area contributed by atoms with Crippen molar-refractivity contribution in [2.45, 2.75) is 6.92 Å². The van der Waals surface area contributed by atoms with E-state index < -0.39 is 0 Å². The van der Waals surface area contributed by atoms with Crippen LogP contribution in [0.15, 0.2) is 24.3 Å². The molecule has 1 aromatic carbocycles. The van der Waals surface area contributed by atoms with Crippen molar-refractivity contribution in [3.8, 4) is 11.8 Å². The van der Waals surface area contributed by atoms with Gasteiger partial charge in [0.05, 0.1) is 18.7 Å². The summed E-state index contributed by atoms with van der Waals surface area (Å²) in [6.45, 7) is 1.92. The number of nitrogens with zero attached hydrogens (tertiary/aromatic N) is 1. The molecule has 0 aliphatic heterocycles. The van der Waals surface area contributed by atoms with Crippen LogP contribution < -0.4 is 4.74 Å². The zero-order valence-corrected chi connectivity index (χ0v) is 7.74. The van der Waals surface area contributed by atoms with E-state index in [1.165, 1.54) is 0 Å². The molecule has 0 saturated carbocycles. The van der Waals surface area contributed by atoms with Crippen LogP contribution in [0.4, 0.5) is 0 Å². The predicted octanol–water partition coefficient (Wildman–Crippen LogP) is 2.60. The maximum absolute atomic E-state index is 8.83. The van der Waals surface area contributed by atoms with Crippen molar-refractivity contribution in [1.29, 1.82) is 5.26 Å². The van der Waals surface area contributed by atoms with E-state index in [1.54, 1.807) is 13.2 Å². The normalized spacial score (nSPS) is 9.92. The topological polar surface area (TPSA) is 33.0 Å². The maximum Gasteiger partial charge on any atom is 0.120 e. The van der Waals surface area contributed by atoms with Crippen LogP contribution >= 0.6 is 0 Å². The van der Waals surface area contributed by atoms with Crippen LogP contribution in [0.2, 0.25) is 0 Å². The Hall–Kier alpha value is -1.75. The number of rotatable bonds is 2. The summed E-state index contributed by atoms with van der Waals surface area (Å²) in [6.07, 6.45) is 3.81. The molecule has 0 fully saturated rings. The summed E-state index contributed by atoms with van der Waals surface area (Å²) in [6, 6.07) is 7.57. The van der Waals surface area contributed by atoms with E-state index >= 15 is 0 Å². The lowest BCUT2D eigenvalue weighted by molar-refractivity contribution is 0.414. The first-order valence-corrected chi connectivity index (χ1v) is 4.02. The largest absolute Gasteiger partial charge is 0.497 e. The van der Waals surface area contributed by atoms with Crippen LogP contribution in [0.25, 0.3) is 6.08 Å². The number of hydrogen-bond acceptors (Lipinski definition) is 2. The first-order chi connectivity index (χ1) is 6.31. The van der Waals surface area contributed by atoms with E-state index in [-0.39, 0.29) is 0 Å². The molecular formula is C11H11NO. The van der Waals surface area contributed by atoms with Crippen LogP contribution in [0, 0.1) is 11.3 Å². The zero-order valence-electron chi connectivity index (χ0n) is 7.74. The molecule has 0 aromatic heterocycles. The van der Waals surface area contributed by atoms with Crippen molar-refractivity contribution in [2.75, 3.05) is 7.11 Å². The van der Waals surface area contributed by atoms with Crippen molar-refractivity contribution < 1.29 is 4.74 Å². The Bertz CT molecular complexity index is 361. The summed E-state index contributed by atoms with van der Waals surface area (Å²) in [4.78, 5) is 0. The Morgan fingerprint density at radius 2 is 2.23 bits per heavy atom. The van der Waals surface area contributed by atoms with Crippen LogP contribution in [0.3, 0.4) is 0 Å². The second kappa shape index (κ2) is 4.32. The Morgan fingerprint density at radius 1 is 1.46 bits per heavy atom. The molecule has 0 amide bonds. The molecule has 66 valence electrons. The van der Waals surface area contributed by atoms with Gasteiger partial charge < -0.3 is 4.74 Å². The molecule has 0 radical (unpaired) electrons. The molecule has 1 aromatic rings. The fourth-order valence-corrected chi connectivity index (χ4v) is 1.08. The van der Waals surface area contributed by atoms with Gasteiger partial charge in [0.2, 0.25) is 0 Å². The molecule has 0 aliphatic carbocycles. The smallest absolute Gasteiger partial charge is 0.120 e. The highest BCUT2D eigenvalue weighted by atomic mass is 16.5. The summed E-state index contributed by atoms with van der Waals surface area (Å²) >= 11 is 0. The first kappa shape index (κ1) is 9.34. The summed E-state index contributed by atoms with van der Waals surface area (Å²) in [5.41, 5.74) is 1.56. The second-order valence-electron chi connectivity index (χ2n) is 2.56. The number of hydrogen-bond donors (Lipinski definition) is 0. The molecule has 0 saturated heterocycles. The highest BCUT2D eigenvalue weighted by Gasteiger charge is 1.99. The molecule has 0 bridgehead atoms. The molecule has 2 heteroatoms. The van der Waals surface area contributed by atoms with Gasteiger partial charge in [-0.25, -0.2) is 0 Å². The molecule has 0 N–H and O–H groups in total. The van der Waals surface area contributed by atoms with Gasteiger partial charge in [0.25, 0.3) is 0 Å². The fourth-order valence-electron chi connectivity index (χ4n) is 1.08. The molecular weight excluding hydrogens is 162 g/mol. The minimum absolute atomic E-state index is 0.637. The number of benzene rings is 1. The van der Waals surface area contributed by atoms with Crippen LogP contribution in [-0.2, 0) is 0 Å². The van der Waals surface area contributed by atoms with E-state index in [1.807, 2.05) is 31.2 Å². The van der Waals surface area contributed by atoms with E-state index in [0.717, 1.165) is 5.56 Å². The summed E-state index contributed by atoms with van der Waals surface area (Å²) in [5, 5.41) is 8.83. The highest BCUT2D eigenvalue weighted by Crippen LogP contribution is 2.17. The third-order valence-corrected chi connectivity index (χ3v) is 1.73. The second-order valence-corrected chi connectivity index (χ2v) is 2.56. The average Bonchev–Trinajstić information content (AvgIpc) is 2.19. The monoisotopic (exact) mass is 173 g/mol. The van der Waals surface area contributed by atoms with Gasteiger partial charge in [-0.15, -0.1) is 0 Å².